The van der Waals surface area contributed by atoms with Gasteiger partial charge >= 0.3 is 18.2 Å². The Hall–Kier alpha value is -6.17. The maximum absolute atomic E-state index is 14.0. The lowest BCUT2D eigenvalue weighted by atomic mass is 10.0. The van der Waals surface area contributed by atoms with Gasteiger partial charge in [0.2, 0.25) is 17.7 Å². The third-order valence-electron chi connectivity index (χ3n) is 8.10. The predicted octanol–water partition coefficient (Wildman–Crippen LogP) is 2.80. The molecule has 15 nitrogen and oxygen atoms in total. The monoisotopic (exact) mass is 770 g/mol. The Labute approximate surface area is 315 Å². The highest BCUT2D eigenvalue weighted by atomic mass is 19.4. The quantitative estimate of drug-likeness (QED) is 0.0645. The van der Waals surface area contributed by atoms with Crippen molar-refractivity contribution >= 4 is 35.7 Å². The number of carboxylic acids is 1. The number of guanidine groups is 1. The van der Waals surface area contributed by atoms with E-state index in [-0.39, 0.29) is 62.0 Å². The molecule has 1 aliphatic heterocycles. The standard InChI is InChI=1S/C35H44N8O5.C2HF3O2/c1-2-30(45)37-19-20-39-35(48)42-34(36)38-18-8-13-29(32(46)40-21-24-14-16-28(44)17-15-24)41-33(47)31(25-9-4-3-5-10-25)43-22-26-11-6-7-12-27(26)23-43;3-2(4,5)1(6)7/h3-7,9-12,14-17,29,31,44H,2,8,13,18-23H2,1H3,(H,37,45)(H,40,46)(H,41,47)(H4,36,38,39,42,48);(H,6,7)/t29-,31-;/m1./s1. The number of nitrogens with one attached hydrogen (secondary N) is 5. The number of nitrogens with zero attached hydrogens (tertiary/aromatic N) is 2. The van der Waals surface area contributed by atoms with Crippen LogP contribution in [0, 0.1) is 0 Å². The molecule has 0 saturated carbocycles. The molecule has 1 aliphatic rings. The summed E-state index contributed by atoms with van der Waals surface area (Å²) in [6.45, 7) is 3.85. The number of halogens is 3. The molecule has 0 aromatic heterocycles. The van der Waals surface area contributed by atoms with E-state index in [9.17, 15) is 37.5 Å². The molecule has 0 bridgehead atoms. The number of aliphatic imine (C=N–C) groups is 1. The molecule has 296 valence electrons. The molecular weight excluding hydrogens is 725 g/mol. The van der Waals surface area contributed by atoms with E-state index in [0.717, 1.165) is 22.3 Å². The van der Waals surface area contributed by atoms with Crippen molar-refractivity contribution in [3.63, 3.8) is 0 Å². The fourth-order valence-electron chi connectivity index (χ4n) is 5.35. The molecule has 2 atom stereocenters. The minimum Gasteiger partial charge on any atom is -0.508 e. The van der Waals surface area contributed by atoms with Crippen LogP contribution in [0.25, 0.3) is 0 Å². The number of carbonyl (C=O) groups excluding carboxylic acids is 4. The van der Waals surface area contributed by atoms with E-state index < -0.39 is 30.3 Å². The van der Waals surface area contributed by atoms with Crippen LogP contribution in [0.3, 0.4) is 0 Å². The number of benzene rings is 3. The third-order valence-corrected chi connectivity index (χ3v) is 8.10. The van der Waals surface area contributed by atoms with Gasteiger partial charge in [0.1, 0.15) is 17.8 Å². The molecule has 0 spiro atoms. The molecule has 4 rings (SSSR count). The second-order valence-corrected chi connectivity index (χ2v) is 12.2. The molecular formula is C37H45F3N8O7. The van der Waals surface area contributed by atoms with Crippen LogP contribution in [0.4, 0.5) is 18.0 Å². The highest BCUT2D eigenvalue weighted by Crippen LogP contribution is 2.31. The SMILES string of the molecule is CCC(=O)NCCNC(=O)NC(N)=NCCC[C@@H](NC(=O)[C@@H](c1ccccc1)N1Cc2ccccc2C1)C(=O)NCc1ccc(O)cc1.O=C(O)C(F)(F)F. The molecule has 5 amide bonds. The first-order valence-electron chi connectivity index (χ1n) is 17.3. The molecule has 0 saturated heterocycles. The van der Waals surface area contributed by atoms with E-state index in [4.69, 9.17) is 15.6 Å². The van der Waals surface area contributed by atoms with Gasteiger partial charge in [-0.05, 0) is 47.2 Å². The number of carbonyl (C=O) groups is 5. The van der Waals surface area contributed by atoms with Gasteiger partial charge < -0.3 is 37.2 Å². The van der Waals surface area contributed by atoms with E-state index >= 15 is 0 Å². The number of phenols is 1. The van der Waals surface area contributed by atoms with Gasteiger partial charge in [-0.1, -0.05) is 73.7 Å². The van der Waals surface area contributed by atoms with Gasteiger partial charge in [-0.25, -0.2) is 9.59 Å². The number of urea groups is 1. The van der Waals surface area contributed by atoms with Crippen LogP contribution in [0.1, 0.15) is 54.5 Å². The fraction of sp³-hybridized carbons (Fsp3) is 0.351. The smallest absolute Gasteiger partial charge is 0.490 e. The molecule has 18 heteroatoms. The van der Waals surface area contributed by atoms with Crippen molar-refractivity contribution in [3.05, 3.63) is 101 Å². The molecule has 0 unspecified atom stereocenters. The third kappa shape index (κ3) is 15.0. The lowest BCUT2D eigenvalue weighted by Gasteiger charge is -2.29. The summed E-state index contributed by atoms with van der Waals surface area (Å²) in [6, 6.07) is 22.0. The average molecular weight is 771 g/mol. The first kappa shape index (κ1) is 43.2. The Morgan fingerprint density at radius 1 is 0.855 bits per heavy atom. The van der Waals surface area contributed by atoms with E-state index in [1.165, 1.54) is 0 Å². The van der Waals surface area contributed by atoms with Crippen LogP contribution in [-0.2, 0) is 38.8 Å². The highest BCUT2D eigenvalue weighted by molar-refractivity contribution is 5.95. The van der Waals surface area contributed by atoms with Gasteiger partial charge in [-0.2, -0.15) is 13.2 Å². The Morgan fingerprint density at radius 2 is 1.44 bits per heavy atom. The van der Waals surface area contributed by atoms with Crippen LogP contribution in [0.2, 0.25) is 0 Å². The molecule has 1 heterocycles. The number of nitrogens with two attached hydrogens (primary N) is 1. The molecule has 0 radical (unpaired) electrons. The second kappa shape index (κ2) is 21.5. The minimum absolute atomic E-state index is 0.0970. The van der Waals surface area contributed by atoms with Gasteiger partial charge in [-0.15, -0.1) is 0 Å². The summed E-state index contributed by atoms with van der Waals surface area (Å²) in [5.74, 6) is -3.50. The van der Waals surface area contributed by atoms with E-state index in [1.54, 1.807) is 31.2 Å². The zero-order valence-corrected chi connectivity index (χ0v) is 30.1. The van der Waals surface area contributed by atoms with Gasteiger partial charge in [0.15, 0.2) is 5.96 Å². The minimum atomic E-state index is -5.08. The van der Waals surface area contributed by atoms with Gasteiger partial charge in [0, 0.05) is 45.7 Å². The number of rotatable bonds is 15. The van der Waals surface area contributed by atoms with Crippen molar-refractivity contribution in [1.29, 1.82) is 0 Å². The number of amides is 5. The number of carboxylic acid groups (broad SMARTS) is 1. The maximum atomic E-state index is 14.0. The van der Waals surface area contributed by atoms with Gasteiger partial charge in [0.05, 0.1) is 0 Å². The summed E-state index contributed by atoms with van der Waals surface area (Å²) in [5.41, 5.74) is 9.81. The molecule has 0 aliphatic carbocycles. The summed E-state index contributed by atoms with van der Waals surface area (Å²) >= 11 is 0. The first-order chi connectivity index (χ1) is 26.2. The molecule has 3 aromatic rings. The molecule has 9 N–H and O–H groups in total. The lowest BCUT2D eigenvalue weighted by Crippen LogP contribution is -2.50. The van der Waals surface area contributed by atoms with Crippen LogP contribution in [0.15, 0.2) is 83.9 Å². The summed E-state index contributed by atoms with van der Waals surface area (Å²) in [4.78, 5) is 66.1. The van der Waals surface area contributed by atoms with Crippen LogP contribution in [0.5, 0.6) is 5.75 Å². The summed E-state index contributed by atoms with van der Waals surface area (Å²) in [6.07, 6.45) is -4.08. The Balaban J connectivity index is 0.00000106. The number of phenolic OH excluding ortho intramolecular Hbond substituents is 1. The van der Waals surface area contributed by atoms with Crippen molar-refractivity contribution in [3.8, 4) is 5.75 Å². The van der Waals surface area contributed by atoms with Crippen molar-refractivity contribution in [2.24, 2.45) is 10.7 Å². The topological polar surface area (TPSA) is 228 Å². The van der Waals surface area contributed by atoms with E-state index in [1.807, 2.05) is 42.5 Å². The number of hydrogen-bond donors (Lipinski definition) is 8. The van der Waals surface area contributed by atoms with Crippen LogP contribution in [-0.4, -0.2) is 82.6 Å². The first-order valence-corrected chi connectivity index (χ1v) is 17.3. The number of alkyl halides is 3. The average Bonchev–Trinajstić information content (AvgIpc) is 3.58. The van der Waals surface area contributed by atoms with E-state index in [2.05, 4.69) is 48.6 Å². The van der Waals surface area contributed by atoms with Crippen LogP contribution < -0.4 is 32.3 Å². The largest absolute Gasteiger partial charge is 0.508 e. The summed E-state index contributed by atoms with van der Waals surface area (Å²) in [7, 11) is 0. The Morgan fingerprint density at radius 3 is 2.02 bits per heavy atom. The lowest BCUT2D eigenvalue weighted by molar-refractivity contribution is -0.192. The zero-order chi connectivity index (χ0) is 40.4. The Kier molecular flexibility index (Phi) is 16.9. The summed E-state index contributed by atoms with van der Waals surface area (Å²) in [5, 5.41) is 30.3. The van der Waals surface area contributed by atoms with Crippen molar-refractivity contribution in [2.75, 3.05) is 19.6 Å². The highest BCUT2D eigenvalue weighted by Gasteiger charge is 2.38. The number of aromatic hydroxyl groups is 1. The fourth-order valence-corrected chi connectivity index (χ4v) is 5.35. The summed E-state index contributed by atoms with van der Waals surface area (Å²) < 4.78 is 31.7. The normalized spacial score (nSPS) is 13.6. The molecule has 0 fully saturated rings. The zero-order valence-electron chi connectivity index (χ0n) is 30.1. The second-order valence-electron chi connectivity index (χ2n) is 12.2. The number of fused-ring (bicyclic) bond motifs is 1. The maximum Gasteiger partial charge on any atom is 0.490 e. The predicted molar refractivity (Wildman–Crippen MR) is 196 cm³/mol. The number of aliphatic carboxylic acids is 1. The van der Waals surface area contributed by atoms with Gasteiger partial charge in [-0.3, -0.25) is 29.6 Å². The molecule has 3 aromatic carbocycles. The van der Waals surface area contributed by atoms with Crippen molar-refractivity contribution in [1.82, 2.24) is 31.5 Å². The van der Waals surface area contributed by atoms with E-state index in [0.29, 0.717) is 25.9 Å². The van der Waals surface area contributed by atoms with Crippen LogP contribution >= 0.6 is 0 Å². The van der Waals surface area contributed by atoms with Crippen molar-refractivity contribution < 1.29 is 47.4 Å². The molecule has 55 heavy (non-hydrogen) atoms. The Bertz CT molecular complexity index is 1750. The van der Waals surface area contributed by atoms with Gasteiger partial charge in [0.25, 0.3) is 0 Å². The number of hydrogen-bond acceptors (Lipinski definition) is 8. The van der Waals surface area contributed by atoms with Crippen molar-refractivity contribution in [2.45, 2.75) is 64.1 Å².